The maximum absolute atomic E-state index is 6.11. The van der Waals surface area contributed by atoms with Crippen LogP contribution in [0.15, 0.2) is 22.8 Å². The molecule has 2 rings (SSSR count). The molecule has 0 aliphatic carbocycles. The van der Waals surface area contributed by atoms with Crippen molar-refractivity contribution in [2.24, 2.45) is 11.8 Å². The Labute approximate surface area is 149 Å². The second-order valence-electron chi connectivity index (χ2n) is 7.52. The Morgan fingerprint density at radius 2 is 1.58 bits per heavy atom. The molecule has 0 aromatic rings. The smallest absolute Gasteiger partial charge is 0.0789 e. The van der Waals surface area contributed by atoms with Crippen molar-refractivity contribution in [3.05, 3.63) is 22.8 Å². The predicted molar refractivity (Wildman–Crippen MR) is 102 cm³/mol. The Hall–Kier alpha value is -0.600. The number of ether oxygens (including phenoxy) is 2. The summed E-state index contributed by atoms with van der Waals surface area (Å²) in [5, 5.41) is 0. The molecule has 2 nitrogen and oxygen atoms in total. The molecule has 0 bridgehead atoms. The lowest BCUT2D eigenvalue weighted by Gasteiger charge is -2.33. The van der Waals surface area contributed by atoms with Crippen LogP contribution in [0.4, 0.5) is 0 Å². The van der Waals surface area contributed by atoms with Crippen LogP contribution in [-0.2, 0) is 9.47 Å². The minimum absolute atomic E-state index is 0.314. The summed E-state index contributed by atoms with van der Waals surface area (Å²) >= 11 is 0. The van der Waals surface area contributed by atoms with Crippen LogP contribution >= 0.6 is 0 Å². The van der Waals surface area contributed by atoms with Crippen LogP contribution in [0.5, 0.6) is 0 Å². The van der Waals surface area contributed by atoms with Gasteiger partial charge < -0.3 is 9.47 Å². The maximum atomic E-state index is 6.11. The lowest BCUT2D eigenvalue weighted by Crippen LogP contribution is -2.29. The molecular formula is C22H38O2. The van der Waals surface area contributed by atoms with Crippen LogP contribution in [-0.4, -0.2) is 25.4 Å². The van der Waals surface area contributed by atoms with Crippen molar-refractivity contribution in [1.29, 1.82) is 0 Å². The van der Waals surface area contributed by atoms with Crippen LogP contribution in [0.3, 0.4) is 0 Å². The highest BCUT2D eigenvalue weighted by atomic mass is 16.5. The quantitative estimate of drug-likeness (QED) is 0.562. The van der Waals surface area contributed by atoms with E-state index in [-0.39, 0.29) is 0 Å². The molecule has 0 aromatic heterocycles. The molecule has 0 radical (unpaired) electrons. The van der Waals surface area contributed by atoms with E-state index in [2.05, 4.69) is 40.7 Å². The summed E-state index contributed by atoms with van der Waals surface area (Å²) in [6.07, 6.45) is 11.3. The Morgan fingerprint density at radius 3 is 2.21 bits per heavy atom. The molecule has 1 fully saturated rings. The minimum Gasteiger partial charge on any atom is -0.377 e. The third-order valence-corrected chi connectivity index (χ3v) is 6.33. The highest BCUT2D eigenvalue weighted by molar-refractivity contribution is 5.36. The first kappa shape index (κ1) is 19.7. The molecule has 2 heterocycles. The summed E-state index contributed by atoms with van der Waals surface area (Å²) in [4.78, 5) is 0. The van der Waals surface area contributed by atoms with Crippen LogP contribution < -0.4 is 0 Å². The second-order valence-corrected chi connectivity index (χ2v) is 7.52. The van der Waals surface area contributed by atoms with Gasteiger partial charge in [0.25, 0.3) is 0 Å². The molecule has 138 valence electrons. The van der Waals surface area contributed by atoms with Gasteiger partial charge in [0.05, 0.1) is 25.4 Å². The summed E-state index contributed by atoms with van der Waals surface area (Å²) in [7, 11) is 0. The van der Waals surface area contributed by atoms with E-state index in [4.69, 9.17) is 9.47 Å². The van der Waals surface area contributed by atoms with E-state index in [0.29, 0.717) is 24.0 Å². The summed E-state index contributed by atoms with van der Waals surface area (Å²) in [6.45, 7) is 13.3. The van der Waals surface area contributed by atoms with Gasteiger partial charge in [-0.15, -0.1) is 0 Å². The van der Waals surface area contributed by atoms with Crippen molar-refractivity contribution < 1.29 is 9.47 Å². The molecule has 2 aliphatic rings. The number of allylic oxidation sites excluding steroid dienone is 1. The Kier molecular flexibility index (Phi) is 8.03. The van der Waals surface area contributed by atoms with Crippen molar-refractivity contribution >= 4 is 0 Å². The van der Waals surface area contributed by atoms with Crippen molar-refractivity contribution in [3.63, 3.8) is 0 Å². The van der Waals surface area contributed by atoms with Crippen molar-refractivity contribution in [1.82, 2.24) is 0 Å². The van der Waals surface area contributed by atoms with E-state index in [0.717, 1.165) is 32.5 Å². The van der Waals surface area contributed by atoms with Gasteiger partial charge in [0, 0.05) is 0 Å². The summed E-state index contributed by atoms with van der Waals surface area (Å²) in [5.41, 5.74) is 4.71. The molecular weight excluding hydrogens is 296 g/mol. The van der Waals surface area contributed by atoms with Gasteiger partial charge in [-0.3, -0.25) is 0 Å². The van der Waals surface area contributed by atoms with Gasteiger partial charge in [-0.1, -0.05) is 65.0 Å². The minimum atomic E-state index is 0.314. The van der Waals surface area contributed by atoms with E-state index in [1.807, 2.05) is 0 Å². The Morgan fingerprint density at radius 1 is 0.958 bits per heavy atom. The standard InChI is InChI=1S/C22H38O2/c1-6-17(7-2)21-14-19(10-12-23-21)16(5)20-11-13-24-22(15-20)18(8-3)9-4/h14,17-18,21-22H,6-13,15H2,1-5H3. The molecule has 2 atom stereocenters. The molecule has 0 amide bonds. The van der Waals surface area contributed by atoms with Crippen molar-refractivity contribution in [2.75, 3.05) is 13.2 Å². The highest BCUT2D eigenvalue weighted by Gasteiger charge is 2.27. The van der Waals surface area contributed by atoms with Gasteiger partial charge in [-0.25, -0.2) is 0 Å². The van der Waals surface area contributed by atoms with E-state index in [1.165, 1.54) is 31.3 Å². The van der Waals surface area contributed by atoms with Crippen molar-refractivity contribution in [3.8, 4) is 0 Å². The number of rotatable bonds is 7. The maximum Gasteiger partial charge on any atom is 0.0789 e. The highest BCUT2D eigenvalue weighted by Crippen LogP contribution is 2.34. The summed E-state index contributed by atoms with van der Waals surface area (Å²) in [5.74, 6) is 1.36. The van der Waals surface area contributed by atoms with E-state index in [9.17, 15) is 0 Å². The monoisotopic (exact) mass is 334 g/mol. The fraction of sp³-hybridized carbons (Fsp3) is 0.818. The molecule has 0 saturated carbocycles. The van der Waals surface area contributed by atoms with Gasteiger partial charge in [0.15, 0.2) is 0 Å². The third kappa shape index (κ3) is 4.73. The topological polar surface area (TPSA) is 18.5 Å². The Bertz CT molecular complexity index is 441. The number of hydrogen-bond donors (Lipinski definition) is 0. The van der Waals surface area contributed by atoms with Gasteiger partial charge in [0.1, 0.15) is 0 Å². The fourth-order valence-electron chi connectivity index (χ4n) is 4.39. The van der Waals surface area contributed by atoms with E-state index >= 15 is 0 Å². The van der Waals surface area contributed by atoms with Crippen molar-refractivity contribution in [2.45, 2.75) is 91.8 Å². The first-order chi connectivity index (χ1) is 11.6. The van der Waals surface area contributed by atoms with Crippen LogP contribution in [0.2, 0.25) is 0 Å². The first-order valence-electron chi connectivity index (χ1n) is 10.3. The largest absolute Gasteiger partial charge is 0.377 e. The number of hydrogen-bond acceptors (Lipinski definition) is 2. The zero-order chi connectivity index (χ0) is 17.5. The third-order valence-electron chi connectivity index (χ3n) is 6.33. The molecule has 2 aliphatic heterocycles. The van der Waals surface area contributed by atoms with Crippen LogP contribution in [0, 0.1) is 11.8 Å². The van der Waals surface area contributed by atoms with E-state index < -0.39 is 0 Å². The molecule has 1 saturated heterocycles. The molecule has 2 heteroatoms. The van der Waals surface area contributed by atoms with E-state index in [1.54, 1.807) is 11.1 Å². The summed E-state index contributed by atoms with van der Waals surface area (Å²) < 4.78 is 12.2. The average Bonchev–Trinajstić information content (AvgIpc) is 2.64. The molecule has 0 aromatic carbocycles. The Balaban J connectivity index is 2.15. The average molecular weight is 335 g/mol. The van der Waals surface area contributed by atoms with Gasteiger partial charge in [-0.2, -0.15) is 0 Å². The molecule has 24 heavy (non-hydrogen) atoms. The molecule has 0 N–H and O–H groups in total. The first-order valence-corrected chi connectivity index (χ1v) is 10.3. The lowest BCUT2D eigenvalue weighted by molar-refractivity contribution is -0.00607. The normalized spacial score (nSPS) is 27.5. The van der Waals surface area contributed by atoms with Gasteiger partial charge >= 0.3 is 0 Å². The van der Waals surface area contributed by atoms with Gasteiger partial charge in [-0.05, 0) is 49.2 Å². The lowest BCUT2D eigenvalue weighted by atomic mass is 9.84. The SMILES string of the molecule is CCC(CC)C1C=C(C(C)=C2CCOC(C(CC)CC)C2)CCO1. The molecule has 2 unspecified atom stereocenters. The van der Waals surface area contributed by atoms with Crippen LogP contribution in [0.1, 0.15) is 79.6 Å². The van der Waals surface area contributed by atoms with Crippen LogP contribution in [0.25, 0.3) is 0 Å². The zero-order valence-electron chi connectivity index (χ0n) is 16.6. The predicted octanol–water partition coefficient (Wildman–Crippen LogP) is 6.07. The summed E-state index contributed by atoms with van der Waals surface area (Å²) in [6, 6.07) is 0. The second kappa shape index (κ2) is 9.77. The zero-order valence-corrected chi connectivity index (χ0v) is 16.6. The fourth-order valence-corrected chi connectivity index (χ4v) is 4.39. The van der Waals surface area contributed by atoms with Gasteiger partial charge in [0.2, 0.25) is 0 Å². The molecule has 0 spiro atoms.